The quantitative estimate of drug-likeness (QED) is 0.881. The van der Waals surface area contributed by atoms with Gasteiger partial charge in [0, 0.05) is 11.8 Å². The zero-order chi connectivity index (χ0) is 14.5. The Labute approximate surface area is 116 Å². The number of nitrogens with one attached hydrogen (secondary N) is 1. The van der Waals surface area contributed by atoms with Crippen LogP contribution in [0.3, 0.4) is 0 Å². The van der Waals surface area contributed by atoms with E-state index in [0.717, 1.165) is 5.69 Å². The molecule has 0 aliphatic heterocycles. The van der Waals surface area contributed by atoms with Gasteiger partial charge in [-0.1, -0.05) is 6.07 Å². The van der Waals surface area contributed by atoms with E-state index in [4.69, 9.17) is 10.5 Å². The molecule has 1 unspecified atom stereocenters. The maximum absolute atomic E-state index is 13.0. The van der Waals surface area contributed by atoms with Crippen LogP contribution in [0.25, 0.3) is 0 Å². The zero-order valence-corrected chi connectivity index (χ0v) is 11.0. The lowest BCUT2D eigenvalue weighted by Gasteiger charge is -2.12. The topological polar surface area (TPSA) is 64.3 Å². The third kappa shape index (κ3) is 3.71. The minimum Gasteiger partial charge on any atom is -0.457 e. The summed E-state index contributed by atoms with van der Waals surface area (Å²) >= 11 is 0. The molecule has 2 rings (SSSR count). The molecule has 0 aliphatic rings. The van der Waals surface area contributed by atoms with Crippen LogP contribution in [0.4, 0.5) is 10.1 Å². The van der Waals surface area contributed by atoms with Crippen LogP contribution in [-0.2, 0) is 4.79 Å². The first-order valence-corrected chi connectivity index (χ1v) is 6.14. The molecule has 3 N–H and O–H groups in total. The molecule has 20 heavy (non-hydrogen) atoms. The van der Waals surface area contributed by atoms with Gasteiger partial charge < -0.3 is 15.8 Å². The Bertz CT molecular complexity index is 599. The number of amides is 1. The van der Waals surface area contributed by atoms with Crippen molar-refractivity contribution in [1.29, 1.82) is 0 Å². The van der Waals surface area contributed by atoms with Gasteiger partial charge in [0.25, 0.3) is 0 Å². The molecule has 0 fully saturated rings. The lowest BCUT2D eigenvalue weighted by molar-refractivity contribution is -0.118. The number of hydrogen-bond acceptors (Lipinski definition) is 3. The van der Waals surface area contributed by atoms with Crippen LogP contribution in [-0.4, -0.2) is 11.9 Å². The Morgan fingerprint density at radius 3 is 2.50 bits per heavy atom. The summed E-state index contributed by atoms with van der Waals surface area (Å²) in [5.41, 5.74) is 5.92. The van der Waals surface area contributed by atoms with E-state index in [0.29, 0.717) is 11.5 Å². The number of hydrogen-bond donors (Lipinski definition) is 2. The van der Waals surface area contributed by atoms with Gasteiger partial charge >= 0.3 is 0 Å². The van der Waals surface area contributed by atoms with Crippen molar-refractivity contribution in [3.05, 3.63) is 54.3 Å². The molecule has 104 valence electrons. The van der Waals surface area contributed by atoms with Gasteiger partial charge in [0.1, 0.15) is 23.4 Å². The highest BCUT2D eigenvalue weighted by atomic mass is 19.1. The minimum atomic E-state index is -0.454. The first-order chi connectivity index (χ1) is 9.54. The lowest BCUT2D eigenvalue weighted by Crippen LogP contribution is -2.32. The van der Waals surface area contributed by atoms with E-state index >= 15 is 0 Å². The van der Waals surface area contributed by atoms with E-state index in [1.807, 2.05) is 0 Å². The fourth-order valence-electron chi connectivity index (χ4n) is 1.61. The van der Waals surface area contributed by atoms with Crippen molar-refractivity contribution in [3.8, 4) is 11.5 Å². The number of nitrogens with two attached hydrogens (primary N) is 1. The normalized spacial score (nSPS) is 11.7. The molecule has 2 aromatic rings. The van der Waals surface area contributed by atoms with Gasteiger partial charge in [-0.15, -0.1) is 0 Å². The van der Waals surface area contributed by atoms with Gasteiger partial charge in [-0.05, 0) is 43.3 Å². The Morgan fingerprint density at radius 1 is 1.20 bits per heavy atom. The summed E-state index contributed by atoms with van der Waals surface area (Å²) < 4.78 is 18.5. The molecule has 0 radical (unpaired) electrons. The van der Waals surface area contributed by atoms with Gasteiger partial charge in [0.15, 0.2) is 0 Å². The molecular formula is C15H15FN2O2. The highest BCUT2D eigenvalue weighted by Gasteiger charge is 2.07. The van der Waals surface area contributed by atoms with Gasteiger partial charge in [-0.2, -0.15) is 0 Å². The fraction of sp³-hybridized carbons (Fsp3) is 0.133. The van der Waals surface area contributed by atoms with Crippen LogP contribution in [0.2, 0.25) is 0 Å². The van der Waals surface area contributed by atoms with Crippen LogP contribution < -0.4 is 15.8 Å². The van der Waals surface area contributed by atoms with Crippen molar-refractivity contribution in [2.45, 2.75) is 13.0 Å². The van der Waals surface area contributed by atoms with E-state index < -0.39 is 11.9 Å². The first-order valence-electron chi connectivity index (χ1n) is 6.14. The van der Waals surface area contributed by atoms with Crippen molar-refractivity contribution in [2.75, 3.05) is 5.32 Å². The molecule has 1 amide bonds. The second kappa shape index (κ2) is 6.06. The van der Waals surface area contributed by atoms with E-state index in [-0.39, 0.29) is 5.82 Å². The van der Waals surface area contributed by atoms with Crippen LogP contribution in [0, 0.1) is 5.82 Å². The Morgan fingerprint density at radius 2 is 1.90 bits per heavy atom. The molecule has 5 heteroatoms. The standard InChI is InChI=1S/C15H15FN2O2/c1-10(15(17)19)18-12-5-7-13(8-6-12)20-14-4-2-3-11(16)9-14/h2-10,18H,1H3,(H2,17,19). The third-order valence-electron chi connectivity index (χ3n) is 2.70. The molecular weight excluding hydrogens is 259 g/mol. The molecule has 0 aliphatic carbocycles. The SMILES string of the molecule is CC(Nc1ccc(Oc2cccc(F)c2)cc1)C(N)=O. The highest BCUT2D eigenvalue weighted by Crippen LogP contribution is 2.23. The Hall–Kier alpha value is -2.56. The summed E-state index contributed by atoms with van der Waals surface area (Å²) in [5, 5.41) is 2.95. The maximum atomic E-state index is 13.0. The van der Waals surface area contributed by atoms with Crippen molar-refractivity contribution >= 4 is 11.6 Å². The summed E-state index contributed by atoms with van der Waals surface area (Å²) in [6.45, 7) is 1.68. The number of carbonyl (C=O) groups is 1. The molecule has 2 aromatic carbocycles. The first kappa shape index (κ1) is 13.9. The summed E-state index contributed by atoms with van der Waals surface area (Å²) in [6.07, 6.45) is 0. The van der Waals surface area contributed by atoms with Crippen LogP contribution in [0.15, 0.2) is 48.5 Å². The zero-order valence-electron chi connectivity index (χ0n) is 11.0. The number of rotatable bonds is 5. The minimum absolute atomic E-state index is 0.351. The Balaban J connectivity index is 2.03. The maximum Gasteiger partial charge on any atom is 0.239 e. The summed E-state index contributed by atoms with van der Waals surface area (Å²) in [6, 6.07) is 12.4. The fourth-order valence-corrected chi connectivity index (χ4v) is 1.61. The number of ether oxygens (including phenoxy) is 1. The van der Waals surface area contributed by atoms with Gasteiger partial charge in [0.05, 0.1) is 0 Å². The molecule has 0 saturated carbocycles. The van der Waals surface area contributed by atoms with E-state index in [9.17, 15) is 9.18 Å². The summed E-state index contributed by atoms with van der Waals surface area (Å²) in [5.74, 6) is 0.227. The van der Waals surface area contributed by atoms with Crippen molar-refractivity contribution in [3.63, 3.8) is 0 Å². The van der Waals surface area contributed by atoms with Gasteiger partial charge in [0.2, 0.25) is 5.91 Å². The second-order valence-corrected chi connectivity index (χ2v) is 4.35. The van der Waals surface area contributed by atoms with Crippen LogP contribution in [0.1, 0.15) is 6.92 Å². The summed E-state index contributed by atoms with van der Waals surface area (Å²) in [4.78, 5) is 10.9. The highest BCUT2D eigenvalue weighted by molar-refractivity contribution is 5.82. The predicted octanol–water partition coefficient (Wildman–Crippen LogP) is 2.90. The van der Waals surface area contributed by atoms with Crippen molar-refractivity contribution in [2.24, 2.45) is 5.73 Å². The van der Waals surface area contributed by atoms with E-state index in [1.165, 1.54) is 12.1 Å². The Kier molecular flexibility index (Phi) is 4.20. The lowest BCUT2D eigenvalue weighted by atomic mass is 10.2. The number of primary amides is 1. The van der Waals surface area contributed by atoms with Crippen molar-refractivity contribution < 1.29 is 13.9 Å². The number of carbonyl (C=O) groups excluding carboxylic acids is 1. The largest absolute Gasteiger partial charge is 0.457 e. The monoisotopic (exact) mass is 274 g/mol. The molecule has 0 bridgehead atoms. The number of benzene rings is 2. The summed E-state index contributed by atoms with van der Waals surface area (Å²) in [7, 11) is 0. The van der Waals surface area contributed by atoms with E-state index in [1.54, 1.807) is 43.3 Å². The molecule has 0 saturated heterocycles. The molecule has 0 spiro atoms. The molecule has 4 nitrogen and oxygen atoms in total. The molecule has 1 atom stereocenters. The van der Waals surface area contributed by atoms with Crippen molar-refractivity contribution in [1.82, 2.24) is 0 Å². The van der Waals surface area contributed by atoms with Crippen LogP contribution in [0.5, 0.6) is 11.5 Å². The molecule has 0 aromatic heterocycles. The average molecular weight is 274 g/mol. The third-order valence-corrected chi connectivity index (χ3v) is 2.70. The van der Waals surface area contributed by atoms with Gasteiger partial charge in [-0.3, -0.25) is 4.79 Å². The number of anilines is 1. The van der Waals surface area contributed by atoms with E-state index in [2.05, 4.69) is 5.32 Å². The van der Waals surface area contributed by atoms with Crippen LogP contribution >= 0.6 is 0 Å². The average Bonchev–Trinajstić information content (AvgIpc) is 2.41. The molecule has 0 heterocycles. The number of halogens is 1. The predicted molar refractivity (Wildman–Crippen MR) is 75.2 cm³/mol. The van der Waals surface area contributed by atoms with Gasteiger partial charge in [-0.25, -0.2) is 4.39 Å². The smallest absolute Gasteiger partial charge is 0.239 e. The second-order valence-electron chi connectivity index (χ2n) is 4.35.